The van der Waals surface area contributed by atoms with Crippen LogP contribution in [-0.2, 0) is 9.59 Å². The van der Waals surface area contributed by atoms with Gasteiger partial charge in [0.2, 0.25) is 5.91 Å². The number of likely N-dealkylation sites (N-methyl/N-ethyl adjacent to an activating group) is 1. The molecule has 0 saturated heterocycles. The van der Waals surface area contributed by atoms with E-state index in [4.69, 9.17) is 0 Å². The molecule has 0 bridgehead atoms. The number of hydrogen-bond acceptors (Lipinski definition) is 4. The van der Waals surface area contributed by atoms with Crippen LogP contribution in [0.5, 0.6) is 0 Å². The summed E-state index contributed by atoms with van der Waals surface area (Å²) in [4.78, 5) is 26.4. The molecule has 130 valence electrons. The van der Waals surface area contributed by atoms with Crippen molar-refractivity contribution >= 4 is 28.9 Å². The van der Waals surface area contributed by atoms with E-state index in [1.165, 1.54) is 34.2 Å². The van der Waals surface area contributed by atoms with Gasteiger partial charge in [-0.3, -0.25) is 9.59 Å². The van der Waals surface area contributed by atoms with Gasteiger partial charge in [-0.25, -0.2) is 9.40 Å². The van der Waals surface area contributed by atoms with Crippen molar-refractivity contribution in [1.82, 2.24) is 9.91 Å². The molecule has 0 radical (unpaired) electrons. The van der Waals surface area contributed by atoms with E-state index < -0.39 is 6.04 Å². The summed E-state index contributed by atoms with van der Waals surface area (Å²) in [6.07, 6.45) is 0.441. The molecule has 0 spiro atoms. The molecule has 0 saturated carbocycles. The Morgan fingerprint density at radius 2 is 2.08 bits per heavy atom. The van der Waals surface area contributed by atoms with Gasteiger partial charge in [-0.1, -0.05) is 24.3 Å². The Kier molecular flexibility index (Phi) is 4.94. The van der Waals surface area contributed by atoms with Crippen LogP contribution in [0.2, 0.25) is 0 Å². The molecule has 1 unspecified atom stereocenters. The van der Waals surface area contributed by atoms with Crippen molar-refractivity contribution < 1.29 is 14.0 Å². The lowest BCUT2D eigenvalue weighted by Gasteiger charge is -2.24. The predicted molar refractivity (Wildman–Crippen MR) is 94.8 cm³/mol. The van der Waals surface area contributed by atoms with Gasteiger partial charge >= 0.3 is 0 Å². The number of carbonyl (C=O) groups excluding carboxylic acids is 2. The average molecular weight is 359 g/mol. The Hall–Kier alpha value is -2.54. The fourth-order valence-corrected chi connectivity index (χ4v) is 3.43. The standard InChI is InChI=1S/C18H18FN3O2S/c1-12(23)21(2)11-18(24)22-16(13-6-3-4-7-14(13)19)10-15(20-22)17-8-5-9-25-17/h3-9,16H,10-11H2,1-2H3. The van der Waals surface area contributed by atoms with E-state index in [9.17, 15) is 14.0 Å². The van der Waals surface area contributed by atoms with E-state index >= 15 is 0 Å². The highest BCUT2D eigenvalue weighted by atomic mass is 32.1. The molecular formula is C18H18FN3O2S. The minimum Gasteiger partial charge on any atom is -0.337 e. The zero-order chi connectivity index (χ0) is 18.0. The average Bonchev–Trinajstić information content (AvgIpc) is 3.24. The van der Waals surface area contributed by atoms with Crippen LogP contribution >= 0.6 is 11.3 Å². The Labute approximate surface area is 149 Å². The number of halogens is 1. The maximum atomic E-state index is 14.3. The molecule has 2 aromatic rings. The van der Waals surface area contributed by atoms with E-state index in [1.807, 2.05) is 17.5 Å². The number of rotatable bonds is 4. The predicted octanol–water partition coefficient (Wildman–Crippen LogP) is 3.04. The van der Waals surface area contributed by atoms with Crippen LogP contribution in [0.15, 0.2) is 46.9 Å². The van der Waals surface area contributed by atoms with Gasteiger partial charge in [0.25, 0.3) is 5.91 Å². The summed E-state index contributed by atoms with van der Waals surface area (Å²) < 4.78 is 14.3. The van der Waals surface area contributed by atoms with Crippen molar-refractivity contribution in [3.05, 3.63) is 58.0 Å². The number of amides is 2. The third-order valence-corrected chi connectivity index (χ3v) is 5.06. The van der Waals surface area contributed by atoms with Crippen LogP contribution in [0.25, 0.3) is 0 Å². The van der Waals surface area contributed by atoms with Crippen LogP contribution in [0.4, 0.5) is 4.39 Å². The third-order valence-electron chi connectivity index (χ3n) is 4.15. The summed E-state index contributed by atoms with van der Waals surface area (Å²) in [7, 11) is 1.55. The lowest BCUT2D eigenvalue weighted by molar-refractivity contribution is -0.139. The number of carbonyl (C=O) groups is 2. The van der Waals surface area contributed by atoms with E-state index in [-0.39, 0.29) is 24.2 Å². The number of hydrogen-bond donors (Lipinski definition) is 0. The third kappa shape index (κ3) is 3.61. The topological polar surface area (TPSA) is 53.0 Å². The highest BCUT2D eigenvalue weighted by Gasteiger charge is 2.35. The highest BCUT2D eigenvalue weighted by molar-refractivity contribution is 7.12. The fourth-order valence-electron chi connectivity index (χ4n) is 2.71. The summed E-state index contributed by atoms with van der Waals surface area (Å²) in [5.41, 5.74) is 1.18. The minimum atomic E-state index is -0.508. The summed E-state index contributed by atoms with van der Waals surface area (Å²) in [6, 6.07) is 9.74. The largest absolute Gasteiger partial charge is 0.337 e. The molecule has 3 rings (SSSR count). The minimum absolute atomic E-state index is 0.0957. The van der Waals surface area contributed by atoms with Crippen LogP contribution < -0.4 is 0 Å². The molecule has 0 N–H and O–H groups in total. The summed E-state index contributed by atoms with van der Waals surface area (Å²) >= 11 is 1.53. The smallest absolute Gasteiger partial charge is 0.262 e. The van der Waals surface area contributed by atoms with E-state index in [1.54, 1.807) is 25.2 Å². The molecular weight excluding hydrogens is 341 g/mol. The number of benzene rings is 1. The van der Waals surface area contributed by atoms with Crippen LogP contribution in [-0.4, -0.2) is 41.0 Å². The van der Waals surface area contributed by atoms with Crippen molar-refractivity contribution in [2.75, 3.05) is 13.6 Å². The quantitative estimate of drug-likeness (QED) is 0.842. The fraction of sp³-hybridized carbons (Fsp3) is 0.278. The molecule has 1 aromatic heterocycles. The number of nitrogens with zero attached hydrogens (tertiary/aromatic N) is 3. The molecule has 1 aliphatic heterocycles. The van der Waals surface area contributed by atoms with E-state index in [0.717, 1.165) is 10.6 Å². The Balaban J connectivity index is 1.92. The monoisotopic (exact) mass is 359 g/mol. The highest BCUT2D eigenvalue weighted by Crippen LogP contribution is 2.34. The Bertz CT molecular complexity index is 819. The van der Waals surface area contributed by atoms with Gasteiger partial charge < -0.3 is 4.90 Å². The zero-order valence-corrected chi connectivity index (χ0v) is 14.8. The molecule has 5 nitrogen and oxygen atoms in total. The summed E-state index contributed by atoms with van der Waals surface area (Å²) in [5, 5.41) is 7.69. The van der Waals surface area contributed by atoms with Gasteiger partial charge in [0, 0.05) is 26.0 Å². The molecule has 2 heterocycles. The van der Waals surface area contributed by atoms with Gasteiger partial charge in [0.05, 0.1) is 16.6 Å². The van der Waals surface area contributed by atoms with Gasteiger partial charge in [-0.05, 0) is 17.5 Å². The molecule has 0 aliphatic carbocycles. The molecule has 25 heavy (non-hydrogen) atoms. The van der Waals surface area contributed by atoms with Crippen LogP contribution in [0.1, 0.15) is 29.8 Å². The van der Waals surface area contributed by atoms with Crippen LogP contribution in [0.3, 0.4) is 0 Å². The normalized spacial score (nSPS) is 16.7. The number of hydrazone groups is 1. The van der Waals surface area contributed by atoms with Crippen molar-refractivity contribution in [1.29, 1.82) is 0 Å². The zero-order valence-electron chi connectivity index (χ0n) is 14.0. The van der Waals surface area contributed by atoms with Crippen molar-refractivity contribution in [3.63, 3.8) is 0 Å². The molecule has 0 fully saturated rings. The molecule has 7 heteroatoms. The SMILES string of the molecule is CC(=O)N(C)CC(=O)N1N=C(c2cccs2)CC1c1ccccc1F. The van der Waals surface area contributed by atoms with Crippen LogP contribution in [0, 0.1) is 5.82 Å². The maximum absolute atomic E-state index is 14.3. The molecule has 1 aromatic carbocycles. The summed E-state index contributed by atoms with van der Waals surface area (Å²) in [6.45, 7) is 1.30. The second-order valence-corrected chi connectivity index (χ2v) is 6.83. The molecule has 1 aliphatic rings. The number of thiophene rings is 1. The first kappa shape index (κ1) is 17.3. The molecule has 2 amide bonds. The van der Waals surface area contributed by atoms with Crippen molar-refractivity contribution in [3.8, 4) is 0 Å². The Morgan fingerprint density at radius 1 is 1.32 bits per heavy atom. The van der Waals surface area contributed by atoms with Crippen molar-refractivity contribution in [2.45, 2.75) is 19.4 Å². The second-order valence-electron chi connectivity index (χ2n) is 5.88. The maximum Gasteiger partial charge on any atom is 0.262 e. The van der Waals surface area contributed by atoms with E-state index in [0.29, 0.717) is 12.0 Å². The van der Waals surface area contributed by atoms with Crippen molar-refractivity contribution in [2.24, 2.45) is 5.10 Å². The van der Waals surface area contributed by atoms with Gasteiger partial charge in [-0.2, -0.15) is 5.10 Å². The molecule has 1 atom stereocenters. The van der Waals surface area contributed by atoms with Gasteiger partial charge in [0.15, 0.2) is 0 Å². The lowest BCUT2D eigenvalue weighted by atomic mass is 10.0. The first-order valence-corrected chi connectivity index (χ1v) is 8.75. The first-order valence-electron chi connectivity index (χ1n) is 7.87. The first-order chi connectivity index (χ1) is 12.0. The van der Waals surface area contributed by atoms with E-state index in [2.05, 4.69) is 5.10 Å². The van der Waals surface area contributed by atoms with Gasteiger partial charge in [0.1, 0.15) is 12.4 Å². The lowest BCUT2D eigenvalue weighted by Crippen LogP contribution is -2.38. The summed E-state index contributed by atoms with van der Waals surface area (Å²) in [5.74, 6) is -0.914. The Morgan fingerprint density at radius 3 is 2.72 bits per heavy atom. The second kappa shape index (κ2) is 7.14. The van der Waals surface area contributed by atoms with Gasteiger partial charge in [-0.15, -0.1) is 11.3 Å².